The van der Waals surface area contributed by atoms with Crippen LogP contribution < -0.4 is 4.74 Å². The Morgan fingerprint density at radius 3 is 2.09 bits per heavy atom. The summed E-state index contributed by atoms with van der Waals surface area (Å²) >= 11 is 0. The maximum atomic E-state index is 14.4. The van der Waals surface area contributed by atoms with E-state index in [-0.39, 0.29) is 24.4 Å². The lowest BCUT2D eigenvalue weighted by molar-refractivity contribution is -0.142. The highest BCUT2D eigenvalue weighted by Gasteiger charge is 2.31. The minimum absolute atomic E-state index is 0.0174. The van der Waals surface area contributed by atoms with Crippen LogP contribution in [0.1, 0.15) is 68.8 Å². The Bertz CT molecular complexity index is 1430. The zero-order valence-electron chi connectivity index (χ0n) is 26.9. The van der Waals surface area contributed by atoms with Gasteiger partial charge >= 0.3 is 0 Å². The van der Waals surface area contributed by atoms with Gasteiger partial charge in [-0.15, -0.1) is 0 Å². The van der Waals surface area contributed by atoms with Gasteiger partial charge in [-0.2, -0.15) is 0 Å². The van der Waals surface area contributed by atoms with Crippen LogP contribution in [0.25, 0.3) is 0 Å². The van der Waals surface area contributed by atoms with E-state index < -0.39 is 5.92 Å². The second-order valence-corrected chi connectivity index (χ2v) is 12.0. The highest BCUT2D eigenvalue weighted by Crippen LogP contribution is 2.28. The Kier molecular flexibility index (Phi) is 11.8. The molecule has 6 nitrogen and oxygen atoms in total. The molecule has 232 valence electrons. The molecule has 44 heavy (non-hydrogen) atoms. The molecule has 6 heteroatoms. The van der Waals surface area contributed by atoms with E-state index in [9.17, 15) is 9.59 Å². The number of carbonyl (C=O) groups is 2. The summed E-state index contributed by atoms with van der Waals surface area (Å²) in [4.78, 5) is 32.3. The van der Waals surface area contributed by atoms with Gasteiger partial charge in [-0.1, -0.05) is 93.6 Å². The Morgan fingerprint density at radius 2 is 1.50 bits per heavy atom. The molecule has 3 aromatic carbocycles. The zero-order valence-corrected chi connectivity index (χ0v) is 26.9. The van der Waals surface area contributed by atoms with Crippen LogP contribution in [0.15, 0.2) is 103 Å². The number of carbonyl (C=O) groups excluding carboxylic acids is 2. The number of benzene rings is 3. The third kappa shape index (κ3) is 8.62. The summed E-state index contributed by atoms with van der Waals surface area (Å²) in [5.41, 5.74) is 4.04. The van der Waals surface area contributed by atoms with E-state index in [2.05, 4.69) is 50.6 Å². The summed E-state index contributed by atoms with van der Waals surface area (Å²) in [6.45, 7) is 10.2. The average molecular weight is 594 g/mol. The molecular weight excluding hydrogens is 546 g/mol. The summed E-state index contributed by atoms with van der Waals surface area (Å²) in [5, 5.41) is 0. The topological polar surface area (TPSA) is 54.8 Å². The van der Waals surface area contributed by atoms with Crippen LogP contribution in [0.5, 0.6) is 5.75 Å². The van der Waals surface area contributed by atoms with Crippen LogP contribution >= 0.6 is 0 Å². The number of hydrogen-bond acceptors (Lipinski definition) is 3. The number of aromatic nitrogens is 1. The van der Waals surface area contributed by atoms with Gasteiger partial charge in [0.25, 0.3) is 0 Å². The SMILES string of the molecule is CCC(C)N(Cc1cccn1Cc1cccc(OC)c1)C(=O)CN(CCC(C)C)C(=O)C(c1ccccc1)c1ccccc1. The van der Waals surface area contributed by atoms with Crippen LogP contribution in [0.4, 0.5) is 0 Å². The van der Waals surface area contributed by atoms with Crippen molar-refractivity contribution in [2.75, 3.05) is 20.2 Å². The largest absolute Gasteiger partial charge is 0.497 e. The molecule has 1 heterocycles. The van der Waals surface area contributed by atoms with Crippen LogP contribution in [0.3, 0.4) is 0 Å². The van der Waals surface area contributed by atoms with Gasteiger partial charge in [0.05, 0.1) is 26.1 Å². The lowest BCUT2D eigenvalue weighted by Gasteiger charge is -2.33. The molecule has 0 bridgehead atoms. The van der Waals surface area contributed by atoms with Crippen LogP contribution in [0.2, 0.25) is 0 Å². The number of amides is 2. The molecular formula is C38H47N3O3. The van der Waals surface area contributed by atoms with Crippen molar-refractivity contribution in [1.29, 1.82) is 0 Å². The summed E-state index contributed by atoms with van der Waals surface area (Å²) < 4.78 is 7.60. The molecule has 0 saturated carbocycles. The maximum Gasteiger partial charge on any atom is 0.242 e. The lowest BCUT2D eigenvalue weighted by Crippen LogP contribution is -2.47. The van der Waals surface area contributed by atoms with Crippen molar-refractivity contribution < 1.29 is 14.3 Å². The monoisotopic (exact) mass is 593 g/mol. The third-order valence-electron chi connectivity index (χ3n) is 8.31. The van der Waals surface area contributed by atoms with E-state index in [1.54, 1.807) is 12.0 Å². The maximum absolute atomic E-state index is 14.4. The van der Waals surface area contributed by atoms with Gasteiger partial charge in [-0.25, -0.2) is 0 Å². The molecule has 4 rings (SSSR count). The number of hydrogen-bond donors (Lipinski definition) is 0. The first kappa shape index (κ1) is 32.6. The molecule has 0 saturated heterocycles. The molecule has 0 fully saturated rings. The first-order chi connectivity index (χ1) is 21.3. The van der Waals surface area contributed by atoms with Crippen molar-refractivity contribution in [3.63, 3.8) is 0 Å². The normalized spacial score (nSPS) is 11.9. The fourth-order valence-electron chi connectivity index (χ4n) is 5.49. The first-order valence-corrected chi connectivity index (χ1v) is 15.8. The Labute approximate surface area is 263 Å². The molecule has 2 amide bonds. The fraction of sp³-hybridized carbons (Fsp3) is 0.368. The lowest BCUT2D eigenvalue weighted by atomic mass is 9.89. The standard InChI is InChI=1S/C38H47N3O3/c1-6-30(4)41(27-34-20-14-23-39(34)26-31-15-13-21-35(25-31)44-5)36(42)28-40(24-22-29(2)3)38(43)37(32-16-9-7-10-17-32)33-18-11-8-12-19-33/h7-21,23,25,29-30,37H,6,22,24,26-28H2,1-5H3. The summed E-state index contributed by atoms with van der Waals surface area (Å²) in [6, 6.07) is 32.0. The quantitative estimate of drug-likeness (QED) is 0.145. The van der Waals surface area contributed by atoms with E-state index in [0.717, 1.165) is 41.0 Å². The van der Waals surface area contributed by atoms with Crippen molar-refractivity contribution in [2.24, 2.45) is 5.92 Å². The minimum atomic E-state index is -0.477. The predicted molar refractivity (Wildman–Crippen MR) is 178 cm³/mol. The Morgan fingerprint density at radius 1 is 0.841 bits per heavy atom. The average Bonchev–Trinajstić information content (AvgIpc) is 3.48. The van der Waals surface area contributed by atoms with E-state index in [1.807, 2.05) is 89.8 Å². The highest BCUT2D eigenvalue weighted by molar-refractivity contribution is 5.91. The molecule has 4 aromatic rings. The van der Waals surface area contributed by atoms with E-state index in [1.165, 1.54) is 0 Å². The third-order valence-corrected chi connectivity index (χ3v) is 8.31. The van der Waals surface area contributed by atoms with Crippen molar-refractivity contribution >= 4 is 11.8 Å². The number of methoxy groups -OCH3 is 1. The van der Waals surface area contributed by atoms with Gasteiger partial charge in [0, 0.05) is 31.0 Å². The zero-order chi connectivity index (χ0) is 31.5. The molecule has 1 aromatic heterocycles. The van der Waals surface area contributed by atoms with Crippen LogP contribution in [-0.4, -0.2) is 52.4 Å². The molecule has 0 aliphatic heterocycles. The van der Waals surface area contributed by atoms with Crippen molar-refractivity contribution in [2.45, 2.75) is 65.6 Å². The van der Waals surface area contributed by atoms with Crippen molar-refractivity contribution in [3.05, 3.63) is 126 Å². The predicted octanol–water partition coefficient (Wildman–Crippen LogP) is 7.38. The highest BCUT2D eigenvalue weighted by atomic mass is 16.5. The van der Waals surface area contributed by atoms with Gasteiger partial charge < -0.3 is 19.1 Å². The van der Waals surface area contributed by atoms with Gasteiger partial charge in [-0.05, 0) is 66.6 Å². The smallest absolute Gasteiger partial charge is 0.242 e. The number of nitrogens with zero attached hydrogens (tertiary/aromatic N) is 3. The molecule has 0 spiro atoms. The van der Waals surface area contributed by atoms with Gasteiger partial charge in [-0.3, -0.25) is 9.59 Å². The minimum Gasteiger partial charge on any atom is -0.497 e. The number of ether oxygens (including phenoxy) is 1. The van der Waals surface area contributed by atoms with Crippen molar-refractivity contribution in [1.82, 2.24) is 14.4 Å². The van der Waals surface area contributed by atoms with Crippen LogP contribution in [0, 0.1) is 5.92 Å². The van der Waals surface area contributed by atoms with Gasteiger partial charge in [0.1, 0.15) is 5.75 Å². The van der Waals surface area contributed by atoms with Gasteiger partial charge in [0.15, 0.2) is 0 Å². The first-order valence-electron chi connectivity index (χ1n) is 15.8. The van der Waals surface area contributed by atoms with Gasteiger partial charge in [0.2, 0.25) is 11.8 Å². The summed E-state index contributed by atoms with van der Waals surface area (Å²) in [6.07, 6.45) is 3.69. The summed E-state index contributed by atoms with van der Waals surface area (Å²) in [5.74, 6) is 0.669. The van der Waals surface area contributed by atoms with E-state index >= 15 is 0 Å². The summed E-state index contributed by atoms with van der Waals surface area (Å²) in [7, 11) is 1.67. The van der Waals surface area contributed by atoms with E-state index in [0.29, 0.717) is 25.6 Å². The molecule has 1 atom stereocenters. The van der Waals surface area contributed by atoms with Crippen LogP contribution in [-0.2, 0) is 22.7 Å². The second kappa shape index (κ2) is 15.9. The van der Waals surface area contributed by atoms with Crippen molar-refractivity contribution in [3.8, 4) is 5.75 Å². The molecule has 0 aliphatic rings. The Hall–Kier alpha value is -4.32. The molecule has 0 aliphatic carbocycles. The number of rotatable bonds is 15. The fourth-order valence-corrected chi connectivity index (χ4v) is 5.49. The second-order valence-electron chi connectivity index (χ2n) is 12.0. The molecule has 1 unspecified atom stereocenters. The molecule has 0 N–H and O–H groups in total. The van der Waals surface area contributed by atoms with E-state index in [4.69, 9.17) is 4.74 Å². The molecule has 0 radical (unpaired) electrons. The Balaban J connectivity index is 1.60.